The maximum absolute atomic E-state index is 15.2. The van der Waals surface area contributed by atoms with Crippen LogP contribution in [0.15, 0.2) is 36.4 Å². The summed E-state index contributed by atoms with van der Waals surface area (Å²) >= 11 is 0. The Morgan fingerprint density at radius 1 is 1.11 bits per heavy atom. The van der Waals surface area contributed by atoms with Gasteiger partial charge in [0.25, 0.3) is 0 Å². The van der Waals surface area contributed by atoms with Gasteiger partial charge in [-0.3, -0.25) is 4.79 Å². The van der Waals surface area contributed by atoms with Gasteiger partial charge in [0.2, 0.25) is 5.91 Å². The number of ether oxygens (including phenoxy) is 2. The van der Waals surface area contributed by atoms with Crippen LogP contribution in [0.4, 0.5) is 18.9 Å². The second kappa shape index (κ2) is 7.63. The molecule has 0 saturated heterocycles. The molecule has 190 valence electrons. The molecule has 1 amide bonds. The van der Waals surface area contributed by atoms with E-state index in [-0.39, 0.29) is 29.1 Å². The molecule has 3 N–H and O–H groups in total. The van der Waals surface area contributed by atoms with E-state index in [1.54, 1.807) is 12.1 Å². The highest BCUT2D eigenvalue weighted by Crippen LogP contribution is 2.53. The molecule has 2 heterocycles. The lowest BCUT2D eigenvalue weighted by Gasteiger charge is -2.18. The zero-order valence-corrected chi connectivity index (χ0v) is 19.5. The van der Waals surface area contributed by atoms with E-state index in [0.717, 1.165) is 18.5 Å². The van der Waals surface area contributed by atoms with E-state index < -0.39 is 36.1 Å². The molecule has 0 spiro atoms. The van der Waals surface area contributed by atoms with Crippen molar-refractivity contribution in [3.8, 4) is 11.5 Å². The average molecular weight is 502 g/mol. The van der Waals surface area contributed by atoms with E-state index in [0.29, 0.717) is 29.3 Å². The molecular weight excluding hydrogens is 477 g/mol. The number of benzene rings is 2. The minimum Gasteiger partial charge on any atom is -0.395 e. The highest BCUT2D eigenvalue weighted by Gasteiger charge is 2.53. The van der Waals surface area contributed by atoms with Gasteiger partial charge >= 0.3 is 6.29 Å². The molecule has 2 aliphatic carbocycles. The molecule has 1 atom stereocenters. The summed E-state index contributed by atoms with van der Waals surface area (Å²) < 4.78 is 52.8. The summed E-state index contributed by atoms with van der Waals surface area (Å²) in [5, 5.41) is 22.8. The van der Waals surface area contributed by atoms with E-state index in [9.17, 15) is 23.8 Å². The van der Waals surface area contributed by atoms with Crippen molar-refractivity contribution in [2.45, 2.75) is 62.4 Å². The SMILES string of the molecule is CC1(c2cc3cc(NC(=O)C4(c5ccc6c(c5)OC(F)(F)O6)CC4)c(F)cc3n2C[C@@H](O)CO)CC1. The highest BCUT2D eigenvalue weighted by atomic mass is 19.3. The first-order valence-electron chi connectivity index (χ1n) is 11.9. The fourth-order valence-corrected chi connectivity index (χ4v) is 5.05. The Balaban J connectivity index is 1.30. The molecule has 0 bridgehead atoms. The average Bonchev–Trinajstić information content (AvgIpc) is 3.73. The van der Waals surface area contributed by atoms with E-state index in [2.05, 4.69) is 21.7 Å². The summed E-state index contributed by atoms with van der Waals surface area (Å²) in [6.07, 6.45) is -1.84. The molecule has 2 saturated carbocycles. The number of hydrogen-bond acceptors (Lipinski definition) is 5. The van der Waals surface area contributed by atoms with Crippen molar-refractivity contribution in [1.82, 2.24) is 4.57 Å². The first-order chi connectivity index (χ1) is 17.0. The Morgan fingerprint density at radius 3 is 2.50 bits per heavy atom. The summed E-state index contributed by atoms with van der Waals surface area (Å²) in [5.41, 5.74) is 0.972. The van der Waals surface area contributed by atoms with Crippen LogP contribution in [0, 0.1) is 5.82 Å². The topological polar surface area (TPSA) is 93.0 Å². The first-order valence-corrected chi connectivity index (χ1v) is 11.9. The largest absolute Gasteiger partial charge is 0.586 e. The van der Waals surface area contributed by atoms with Crippen LogP contribution in [0.2, 0.25) is 0 Å². The number of hydrogen-bond donors (Lipinski definition) is 3. The number of nitrogens with zero attached hydrogens (tertiary/aromatic N) is 1. The Hall–Kier alpha value is -3.24. The lowest BCUT2D eigenvalue weighted by Crippen LogP contribution is -2.28. The van der Waals surface area contributed by atoms with Crippen LogP contribution >= 0.6 is 0 Å². The predicted octanol–water partition coefficient (Wildman–Crippen LogP) is 4.18. The van der Waals surface area contributed by atoms with Crippen LogP contribution in [0.5, 0.6) is 11.5 Å². The predicted molar refractivity (Wildman–Crippen MR) is 124 cm³/mol. The van der Waals surface area contributed by atoms with Crippen LogP contribution in [0.1, 0.15) is 43.9 Å². The molecule has 3 aliphatic rings. The Morgan fingerprint density at radius 2 is 1.83 bits per heavy atom. The monoisotopic (exact) mass is 502 g/mol. The van der Waals surface area contributed by atoms with Crippen LogP contribution < -0.4 is 14.8 Å². The number of aliphatic hydroxyl groups is 2. The molecule has 0 unspecified atom stereocenters. The summed E-state index contributed by atoms with van der Waals surface area (Å²) in [6.45, 7) is 1.81. The minimum absolute atomic E-state index is 0.0124. The molecule has 10 heteroatoms. The van der Waals surface area contributed by atoms with Crippen molar-refractivity contribution in [2.24, 2.45) is 0 Å². The fraction of sp³-hybridized carbons (Fsp3) is 0.423. The van der Waals surface area contributed by atoms with E-state index in [1.165, 1.54) is 18.2 Å². The van der Waals surface area contributed by atoms with Crippen LogP contribution in [0.25, 0.3) is 10.9 Å². The molecule has 36 heavy (non-hydrogen) atoms. The van der Waals surface area contributed by atoms with Crippen LogP contribution in [-0.4, -0.2) is 39.7 Å². The lowest BCUT2D eigenvalue weighted by atomic mass is 9.94. The van der Waals surface area contributed by atoms with Gasteiger partial charge in [0.15, 0.2) is 11.5 Å². The van der Waals surface area contributed by atoms with Gasteiger partial charge in [-0.05, 0) is 55.5 Å². The maximum Gasteiger partial charge on any atom is 0.586 e. The van der Waals surface area contributed by atoms with Crippen molar-refractivity contribution in [2.75, 3.05) is 11.9 Å². The van der Waals surface area contributed by atoms with Crippen molar-refractivity contribution >= 4 is 22.5 Å². The zero-order chi connectivity index (χ0) is 25.5. The van der Waals surface area contributed by atoms with Gasteiger partial charge in [-0.15, -0.1) is 8.78 Å². The normalized spacial score (nSPS) is 20.8. The zero-order valence-electron chi connectivity index (χ0n) is 19.5. The van der Waals surface area contributed by atoms with Gasteiger partial charge in [-0.2, -0.15) is 0 Å². The standard InChI is InChI=1S/C26H25F3N2O5/c1-24(4-5-24)22-9-14-8-18(17(27)11-19(14)31(22)12-16(33)13-32)30-23(34)25(6-7-25)15-2-3-20-21(10-15)36-26(28,29)35-20/h2-3,8-11,16,32-33H,4-7,12-13H2,1H3,(H,30,34)/t16-/m1/s1. The Bertz CT molecular complexity index is 1390. The summed E-state index contributed by atoms with van der Waals surface area (Å²) in [7, 11) is 0. The Labute approximate surface area is 204 Å². The third-order valence-corrected chi connectivity index (χ3v) is 7.60. The minimum atomic E-state index is -3.75. The summed E-state index contributed by atoms with van der Waals surface area (Å²) in [6, 6.07) is 9.09. The molecule has 1 aliphatic heterocycles. The summed E-state index contributed by atoms with van der Waals surface area (Å²) in [4.78, 5) is 13.3. The fourth-order valence-electron chi connectivity index (χ4n) is 5.05. The lowest BCUT2D eigenvalue weighted by molar-refractivity contribution is -0.286. The molecule has 7 nitrogen and oxygen atoms in total. The molecule has 0 radical (unpaired) electrons. The number of anilines is 1. The second-order valence-electron chi connectivity index (χ2n) is 10.3. The van der Waals surface area contributed by atoms with Crippen LogP contribution in [0.3, 0.4) is 0 Å². The van der Waals surface area contributed by atoms with E-state index in [4.69, 9.17) is 0 Å². The molecule has 6 rings (SSSR count). The van der Waals surface area contributed by atoms with Crippen molar-refractivity contribution < 1.29 is 37.7 Å². The number of fused-ring (bicyclic) bond motifs is 2. The van der Waals surface area contributed by atoms with Gasteiger partial charge in [0.1, 0.15) is 5.82 Å². The highest BCUT2D eigenvalue weighted by molar-refractivity contribution is 6.03. The number of alkyl halides is 2. The van der Waals surface area contributed by atoms with Gasteiger partial charge in [-0.1, -0.05) is 13.0 Å². The third kappa shape index (κ3) is 3.70. The van der Waals surface area contributed by atoms with Crippen molar-refractivity contribution in [3.05, 3.63) is 53.5 Å². The summed E-state index contributed by atoms with van der Waals surface area (Å²) in [5.74, 6) is -1.32. The van der Waals surface area contributed by atoms with Gasteiger partial charge in [-0.25, -0.2) is 4.39 Å². The number of carbonyl (C=O) groups is 1. The number of rotatable bonds is 7. The quantitative estimate of drug-likeness (QED) is 0.451. The van der Waals surface area contributed by atoms with Crippen LogP contribution in [-0.2, 0) is 22.2 Å². The third-order valence-electron chi connectivity index (χ3n) is 7.60. The maximum atomic E-state index is 15.2. The van der Waals surface area contributed by atoms with Gasteiger partial charge in [0.05, 0.1) is 35.9 Å². The number of carbonyl (C=O) groups excluding carboxylic acids is 1. The number of aromatic nitrogens is 1. The Kier molecular flexibility index (Phi) is 4.91. The van der Waals surface area contributed by atoms with Gasteiger partial charge in [0, 0.05) is 22.6 Å². The number of aliphatic hydroxyl groups excluding tert-OH is 2. The number of amides is 1. The van der Waals surface area contributed by atoms with E-state index in [1.807, 2.05) is 10.6 Å². The smallest absolute Gasteiger partial charge is 0.395 e. The van der Waals surface area contributed by atoms with Crippen molar-refractivity contribution in [3.63, 3.8) is 0 Å². The molecule has 3 aromatic rings. The van der Waals surface area contributed by atoms with E-state index >= 15 is 4.39 Å². The number of nitrogens with one attached hydrogen (secondary N) is 1. The second-order valence-corrected chi connectivity index (χ2v) is 10.3. The van der Waals surface area contributed by atoms with Gasteiger partial charge < -0.3 is 29.6 Å². The molecule has 1 aromatic heterocycles. The first kappa shape index (κ1) is 23.2. The molecular formula is C26H25F3N2O5. The number of halogens is 3. The van der Waals surface area contributed by atoms with Crippen molar-refractivity contribution in [1.29, 1.82) is 0 Å². The molecule has 2 fully saturated rings. The molecule has 2 aromatic carbocycles.